The van der Waals surface area contributed by atoms with Crippen LogP contribution < -0.4 is 5.32 Å². The number of benzene rings is 1. The highest BCUT2D eigenvalue weighted by atomic mass is 16.5. The van der Waals surface area contributed by atoms with E-state index in [1.807, 2.05) is 23.1 Å². The number of nitrogens with zero attached hydrogens (tertiary/aromatic N) is 1. The quantitative estimate of drug-likeness (QED) is 0.616. The van der Waals surface area contributed by atoms with E-state index in [1.54, 1.807) is 12.1 Å². The van der Waals surface area contributed by atoms with E-state index in [2.05, 4.69) is 11.4 Å². The predicted octanol–water partition coefficient (Wildman–Crippen LogP) is 2.44. The zero-order chi connectivity index (χ0) is 19.1. The van der Waals surface area contributed by atoms with Crippen LogP contribution in [0.25, 0.3) is 0 Å². The third-order valence-corrected chi connectivity index (χ3v) is 5.03. The van der Waals surface area contributed by atoms with Gasteiger partial charge in [-0.2, -0.15) is 0 Å². The van der Waals surface area contributed by atoms with Crippen molar-refractivity contribution in [3.8, 4) is 0 Å². The molecule has 0 spiro atoms. The Morgan fingerprint density at radius 2 is 1.81 bits per heavy atom. The standard InChI is InChI=1S/C21H26N2O4/c24-19(15-27-21(26)18-6-2-1-3-7-18)22-14-16-8-10-17(11-9-16)20(25)23-12-4-5-13-23/h1-2,8-11,18H,3-7,12-15H2,(H,22,24). The van der Waals surface area contributed by atoms with Crippen molar-refractivity contribution in [2.75, 3.05) is 19.7 Å². The lowest BCUT2D eigenvalue weighted by molar-refractivity contribution is -0.152. The number of nitrogens with one attached hydrogen (secondary N) is 1. The summed E-state index contributed by atoms with van der Waals surface area (Å²) in [5, 5.41) is 2.74. The molecule has 0 saturated carbocycles. The number of amides is 2. The fraction of sp³-hybridized carbons (Fsp3) is 0.476. The van der Waals surface area contributed by atoms with Gasteiger partial charge in [0.2, 0.25) is 0 Å². The second kappa shape index (κ2) is 9.35. The Bertz CT molecular complexity index is 705. The van der Waals surface area contributed by atoms with Gasteiger partial charge in [0, 0.05) is 25.2 Å². The SMILES string of the molecule is O=C(COC(=O)C1CC=CCC1)NCc1ccc(C(=O)N2CCCC2)cc1. The molecular formula is C21H26N2O4. The van der Waals surface area contributed by atoms with Gasteiger partial charge in [0.15, 0.2) is 6.61 Å². The lowest BCUT2D eigenvalue weighted by atomic mass is 9.95. The highest BCUT2D eigenvalue weighted by Crippen LogP contribution is 2.19. The number of carbonyl (C=O) groups excluding carboxylic acids is 3. The molecule has 27 heavy (non-hydrogen) atoms. The van der Waals surface area contributed by atoms with Gasteiger partial charge in [0.05, 0.1) is 5.92 Å². The molecule has 1 saturated heterocycles. The molecule has 2 amide bonds. The third-order valence-electron chi connectivity index (χ3n) is 5.03. The number of esters is 1. The van der Waals surface area contributed by atoms with Crippen LogP contribution in [0.3, 0.4) is 0 Å². The molecule has 6 nitrogen and oxygen atoms in total. The van der Waals surface area contributed by atoms with E-state index in [4.69, 9.17) is 4.74 Å². The van der Waals surface area contributed by atoms with Gasteiger partial charge in [-0.05, 0) is 49.8 Å². The van der Waals surface area contributed by atoms with Gasteiger partial charge in [-0.25, -0.2) is 0 Å². The molecule has 2 aliphatic rings. The van der Waals surface area contributed by atoms with E-state index in [0.717, 1.165) is 44.3 Å². The van der Waals surface area contributed by atoms with E-state index >= 15 is 0 Å². The van der Waals surface area contributed by atoms with Crippen molar-refractivity contribution in [1.82, 2.24) is 10.2 Å². The molecule has 1 unspecified atom stereocenters. The van der Waals surface area contributed by atoms with Crippen molar-refractivity contribution in [3.63, 3.8) is 0 Å². The summed E-state index contributed by atoms with van der Waals surface area (Å²) in [5.41, 5.74) is 1.56. The summed E-state index contributed by atoms with van der Waals surface area (Å²) < 4.78 is 5.10. The first-order valence-corrected chi connectivity index (χ1v) is 9.60. The topological polar surface area (TPSA) is 75.7 Å². The van der Waals surface area contributed by atoms with E-state index < -0.39 is 0 Å². The summed E-state index contributed by atoms with van der Waals surface area (Å²) in [4.78, 5) is 38.0. The summed E-state index contributed by atoms with van der Waals surface area (Å²) in [5.74, 6) is -0.706. The average Bonchev–Trinajstić information content (AvgIpc) is 3.26. The van der Waals surface area contributed by atoms with E-state index in [1.165, 1.54) is 0 Å². The first-order valence-electron chi connectivity index (χ1n) is 9.60. The Morgan fingerprint density at radius 3 is 2.48 bits per heavy atom. The first kappa shape index (κ1) is 19.1. The second-order valence-corrected chi connectivity index (χ2v) is 7.06. The molecule has 0 aromatic heterocycles. The molecule has 0 radical (unpaired) electrons. The number of ether oxygens (including phenoxy) is 1. The lowest BCUT2D eigenvalue weighted by Crippen LogP contribution is -2.30. The van der Waals surface area contributed by atoms with Gasteiger partial charge in [-0.1, -0.05) is 24.3 Å². The minimum atomic E-state index is -0.327. The van der Waals surface area contributed by atoms with Crippen LogP contribution >= 0.6 is 0 Å². The lowest BCUT2D eigenvalue weighted by Gasteiger charge is -2.16. The number of hydrogen-bond donors (Lipinski definition) is 1. The fourth-order valence-corrected chi connectivity index (χ4v) is 3.38. The molecule has 1 aromatic rings. The maximum atomic E-state index is 12.3. The van der Waals surface area contributed by atoms with Crippen molar-refractivity contribution in [2.45, 2.75) is 38.6 Å². The van der Waals surface area contributed by atoms with Crippen LogP contribution in [0, 0.1) is 5.92 Å². The van der Waals surface area contributed by atoms with Gasteiger partial charge in [0.25, 0.3) is 11.8 Å². The van der Waals surface area contributed by atoms with Crippen LogP contribution in [-0.4, -0.2) is 42.4 Å². The number of carbonyl (C=O) groups is 3. The van der Waals surface area contributed by atoms with Crippen molar-refractivity contribution < 1.29 is 19.1 Å². The molecule has 6 heteroatoms. The zero-order valence-corrected chi connectivity index (χ0v) is 15.5. The van der Waals surface area contributed by atoms with Crippen LogP contribution in [0.4, 0.5) is 0 Å². The molecule has 1 aromatic carbocycles. The highest BCUT2D eigenvalue weighted by Gasteiger charge is 2.21. The van der Waals surface area contributed by atoms with E-state index in [9.17, 15) is 14.4 Å². The Labute approximate surface area is 159 Å². The van der Waals surface area contributed by atoms with E-state index in [0.29, 0.717) is 18.5 Å². The van der Waals surface area contributed by atoms with Gasteiger partial charge in [-0.15, -0.1) is 0 Å². The zero-order valence-electron chi connectivity index (χ0n) is 15.5. The van der Waals surface area contributed by atoms with Crippen LogP contribution in [0.2, 0.25) is 0 Å². The summed E-state index contributed by atoms with van der Waals surface area (Å²) >= 11 is 0. The van der Waals surface area contributed by atoms with Gasteiger partial charge in [0.1, 0.15) is 0 Å². The van der Waals surface area contributed by atoms with E-state index in [-0.39, 0.29) is 30.3 Å². The van der Waals surface area contributed by atoms with Gasteiger partial charge < -0.3 is 15.0 Å². The number of allylic oxidation sites excluding steroid dienone is 2. The second-order valence-electron chi connectivity index (χ2n) is 7.06. The molecule has 1 aliphatic heterocycles. The summed E-state index contributed by atoms with van der Waals surface area (Å²) in [6, 6.07) is 7.26. The predicted molar refractivity (Wildman–Crippen MR) is 101 cm³/mol. The Hall–Kier alpha value is -2.63. The minimum Gasteiger partial charge on any atom is -0.455 e. The normalized spacial score (nSPS) is 19.0. The number of likely N-dealkylation sites (tertiary alicyclic amines) is 1. The summed E-state index contributed by atoms with van der Waals surface area (Å²) in [6.07, 6.45) is 8.51. The smallest absolute Gasteiger partial charge is 0.309 e. The molecule has 1 fully saturated rings. The van der Waals surface area contributed by atoms with Crippen LogP contribution in [0.1, 0.15) is 48.0 Å². The largest absolute Gasteiger partial charge is 0.455 e. The minimum absolute atomic E-state index is 0.0626. The molecular weight excluding hydrogens is 344 g/mol. The maximum Gasteiger partial charge on any atom is 0.309 e. The van der Waals surface area contributed by atoms with Crippen LogP contribution in [-0.2, 0) is 20.9 Å². The highest BCUT2D eigenvalue weighted by molar-refractivity contribution is 5.94. The Morgan fingerprint density at radius 1 is 1.07 bits per heavy atom. The van der Waals surface area contributed by atoms with Crippen LogP contribution in [0.5, 0.6) is 0 Å². The molecule has 1 heterocycles. The first-order chi connectivity index (χ1) is 13.1. The number of rotatable bonds is 6. The molecule has 1 atom stereocenters. The summed E-state index contributed by atoms with van der Waals surface area (Å²) in [6.45, 7) is 1.73. The number of hydrogen-bond acceptors (Lipinski definition) is 4. The molecule has 0 bridgehead atoms. The molecule has 144 valence electrons. The van der Waals surface area contributed by atoms with Crippen molar-refractivity contribution >= 4 is 17.8 Å². The molecule has 3 rings (SSSR count). The Balaban J connectivity index is 1.40. The summed E-state index contributed by atoms with van der Waals surface area (Å²) in [7, 11) is 0. The van der Waals surface area contributed by atoms with Gasteiger partial charge in [-0.3, -0.25) is 14.4 Å². The van der Waals surface area contributed by atoms with Crippen molar-refractivity contribution in [2.24, 2.45) is 5.92 Å². The Kier molecular flexibility index (Phi) is 6.63. The maximum absolute atomic E-state index is 12.3. The molecule has 1 aliphatic carbocycles. The fourth-order valence-electron chi connectivity index (χ4n) is 3.38. The van der Waals surface area contributed by atoms with Gasteiger partial charge >= 0.3 is 5.97 Å². The third kappa shape index (κ3) is 5.42. The van der Waals surface area contributed by atoms with Crippen molar-refractivity contribution in [1.29, 1.82) is 0 Å². The van der Waals surface area contributed by atoms with Crippen LogP contribution in [0.15, 0.2) is 36.4 Å². The molecule has 1 N–H and O–H groups in total. The monoisotopic (exact) mass is 370 g/mol. The van der Waals surface area contributed by atoms with Crippen molar-refractivity contribution in [3.05, 3.63) is 47.5 Å². The average molecular weight is 370 g/mol.